The number of amides is 1. The van der Waals surface area contributed by atoms with Gasteiger partial charge in [0.25, 0.3) is 5.91 Å². The standard InChI is InChI=1S/C23H25N3O2/c1-4-14-28-22-13-12-17-8-5-6-11-20(17)21(22)16-24-25-23(27)18-9-7-10-19(15-18)26(2)3/h5-13,15-16H,4,14H2,1-3H3,(H,25,27)/b24-16-. The lowest BCUT2D eigenvalue weighted by molar-refractivity contribution is 0.0955. The van der Waals surface area contributed by atoms with Crippen LogP contribution in [0.15, 0.2) is 65.8 Å². The Labute approximate surface area is 165 Å². The molecule has 0 radical (unpaired) electrons. The molecule has 1 N–H and O–H groups in total. The molecule has 0 saturated heterocycles. The Bertz CT molecular complexity index is 996. The summed E-state index contributed by atoms with van der Waals surface area (Å²) in [6.07, 6.45) is 2.57. The summed E-state index contributed by atoms with van der Waals surface area (Å²) >= 11 is 0. The first-order chi connectivity index (χ1) is 13.6. The fourth-order valence-electron chi connectivity index (χ4n) is 2.89. The maximum absolute atomic E-state index is 12.5. The number of hydrazone groups is 1. The van der Waals surface area contributed by atoms with E-state index in [0.29, 0.717) is 12.2 Å². The first-order valence-electron chi connectivity index (χ1n) is 9.35. The largest absolute Gasteiger partial charge is 0.493 e. The van der Waals surface area contributed by atoms with Crippen molar-refractivity contribution in [2.45, 2.75) is 13.3 Å². The van der Waals surface area contributed by atoms with Crippen molar-refractivity contribution in [2.24, 2.45) is 5.10 Å². The van der Waals surface area contributed by atoms with Gasteiger partial charge in [-0.1, -0.05) is 43.3 Å². The Morgan fingerprint density at radius 1 is 1.11 bits per heavy atom. The third-order valence-corrected chi connectivity index (χ3v) is 4.38. The molecule has 0 unspecified atom stereocenters. The van der Waals surface area contributed by atoms with Crippen molar-refractivity contribution in [1.82, 2.24) is 5.43 Å². The number of hydrogen-bond acceptors (Lipinski definition) is 4. The van der Waals surface area contributed by atoms with Gasteiger partial charge in [-0.15, -0.1) is 0 Å². The maximum atomic E-state index is 12.5. The van der Waals surface area contributed by atoms with Crippen molar-refractivity contribution < 1.29 is 9.53 Å². The second-order valence-electron chi connectivity index (χ2n) is 6.69. The third-order valence-electron chi connectivity index (χ3n) is 4.38. The number of carbonyl (C=O) groups excluding carboxylic acids is 1. The van der Waals surface area contributed by atoms with Crippen LogP contribution in [0.25, 0.3) is 10.8 Å². The van der Waals surface area contributed by atoms with Crippen LogP contribution in [-0.2, 0) is 0 Å². The Kier molecular flexibility index (Phi) is 6.27. The van der Waals surface area contributed by atoms with Gasteiger partial charge >= 0.3 is 0 Å². The average Bonchev–Trinajstić information content (AvgIpc) is 2.72. The van der Waals surface area contributed by atoms with Gasteiger partial charge in [0.2, 0.25) is 0 Å². The summed E-state index contributed by atoms with van der Waals surface area (Å²) in [7, 11) is 3.88. The summed E-state index contributed by atoms with van der Waals surface area (Å²) in [4.78, 5) is 14.4. The highest BCUT2D eigenvalue weighted by Gasteiger charge is 2.09. The zero-order valence-electron chi connectivity index (χ0n) is 16.5. The topological polar surface area (TPSA) is 53.9 Å². The highest BCUT2D eigenvalue weighted by atomic mass is 16.5. The smallest absolute Gasteiger partial charge is 0.271 e. The molecule has 0 bridgehead atoms. The molecular formula is C23H25N3O2. The van der Waals surface area contributed by atoms with Crippen molar-refractivity contribution in [3.63, 3.8) is 0 Å². The van der Waals surface area contributed by atoms with Crippen LogP contribution >= 0.6 is 0 Å². The monoisotopic (exact) mass is 375 g/mol. The number of benzene rings is 3. The third kappa shape index (κ3) is 4.49. The molecule has 0 aliphatic heterocycles. The summed E-state index contributed by atoms with van der Waals surface area (Å²) in [6.45, 7) is 2.69. The highest BCUT2D eigenvalue weighted by molar-refractivity contribution is 6.03. The van der Waals surface area contributed by atoms with E-state index in [-0.39, 0.29) is 5.91 Å². The summed E-state index contributed by atoms with van der Waals surface area (Å²) < 4.78 is 5.87. The van der Waals surface area contributed by atoms with Crippen LogP contribution in [0.3, 0.4) is 0 Å². The molecule has 0 atom stereocenters. The van der Waals surface area contributed by atoms with E-state index >= 15 is 0 Å². The van der Waals surface area contributed by atoms with Crippen LogP contribution in [0.5, 0.6) is 5.75 Å². The van der Waals surface area contributed by atoms with Gasteiger partial charge in [-0.3, -0.25) is 4.79 Å². The van der Waals surface area contributed by atoms with E-state index in [1.54, 1.807) is 12.3 Å². The molecule has 0 saturated carbocycles. The number of ether oxygens (including phenoxy) is 1. The molecule has 3 aromatic carbocycles. The Balaban J connectivity index is 1.84. The van der Waals surface area contributed by atoms with Gasteiger partial charge in [-0.05, 0) is 41.5 Å². The molecule has 0 fully saturated rings. The van der Waals surface area contributed by atoms with Gasteiger partial charge in [-0.25, -0.2) is 5.43 Å². The summed E-state index contributed by atoms with van der Waals surface area (Å²) in [5.74, 6) is 0.504. The quantitative estimate of drug-likeness (QED) is 0.490. The minimum absolute atomic E-state index is 0.254. The number of fused-ring (bicyclic) bond motifs is 1. The lowest BCUT2D eigenvalue weighted by atomic mass is 10.0. The molecule has 5 nitrogen and oxygen atoms in total. The predicted octanol–water partition coefficient (Wildman–Crippen LogP) is 4.46. The zero-order valence-corrected chi connectivity index (χ0v) is 16.5. The van der Waals surface area contributed by atoms with E-state index in [2.05, 4.69) is 17.5 Å². The van der Waals surface area contributed by atoms with Gasteiger partial charge in [0.15, 0.2) is 0 Å². The molecule has 144 valence electrons. The molecule has 1 amide bonds. The molecule has 3 rings (SSSR count). The summed E-state index contributed by atoms with van der Waals surface area (Å²) in [5.41, 5.74) is 4.99. The predicted molar refractivity (Wildman–Crippen MR) is 116 cm³/mol. The van der Waals surface area contributed by atoms with E-state index in [4.69, 9.17) is 4.74 Å². The van der Waals surface area contributed by atoms with Gasteiger partial charge < -0.3 is 9.64 Å². The summed E-state index contributed by atoms with van der Waals surface area (Å²) in [5, 5.41) is 6.32. The van der Waals surface area contributed by atoms with Crippen LogP contribution in [0.2, 0.25) is 0 Å². The van der Waals surface area contributed by atoms with E-state index in [9.17, 15) is 4.79 Å². The molecule has 0 aliphatic carbocycles. The van der Waals surface area contributed by atoms with Crippen molar-refractivity contribution in [2.75, 3.05) is 25.6 Å². The fraction of sp³-hybridized carbons (Fsp3) is 0.217. The Morgan fingerprint density at radius 2 is 1.93 bits per heavy atom. The van der Waals surface area contributed by atoms with Crippen LogP contribution in [0.4, 0.5) is 5.69 Å². The van der Waals surface area contributed by atoms with Crippen LogP contribution in [-0.4, -0.2) is 32.8 Å². The minimum atomic E-state index is -0.254. The fourth-order valence-corrected chi connectivity index (χ4v) is 2.89. The molecule has 0 heterocycles. The normalized spacial score (nSPS) is 11.0. The van der Waals surface area contributed by atoms with Gasteiger partial charge in [-0.2, -0.15) is 5.10 Å². The zero-order chi connectivity index (χ0) is 19.9. The van der Waals surface area contributed by atoms with Crippen molar-refractivity contribution in [1.29, 1.82) is 0 Å². The molecule has 0 aromatic heterocycles. The second-order valence-corrected chi connectivity index (χ2v) is 6.69. The first-order valence-corrected chi connectivity index (χ1v) is 9.35. The molecular weight excluding hydrogens is 350 g/mol. The maximum Gasteiger partial charge on any atom is 0.271 e. The van der Waals surface area contributed by atoms with Crippen molar-refractivity contribution in [3.8, 4) is 5.75 Å². The second kappa shape index (κ2) is 9.04. The number of nitrogens with zero attached hydrogens (tertiary/aromatic N) is 2. The number of rotatable bonds is 7. The Hall–Kier alpha value is -3.34. The molecule has 0 aliphatic rings. The highest BCUT2D eigenvalue weighted by Crippen LogP contribution is 2.26. The van der Waals surface area contributed by atoms with Gasteiger partial charge in [0.05, 0.1) is 12.8 Å². The lowest BCUT2D eigenvalue weighted by Gasteiger charge is -2.13. The average molecular weight is 375 g/mol. The van der Waals surface area contributed by atoms with Crippen LogP contribution < -0.4 is 15.1 Å². The summed E-state index contributed by atoms with van der Waals surface area (Å²) in [6, 6.07) is 19.4. The number of carbonyl (C=O) groups is 1. The van der Waals surface area contributed by atoms with E-state index < -0.39 is 0 Å². The lowest BCUT2D eigenvalue weighted by Crippen LogP contribution is -2.18. The number of anilines is 1. The molecule has 0 spiro atoms. The number of hydrogen-bond donors (Lipinski definition) is 1. The van der Waals surface area contributed by atoms with Gasteiger partial charge in [0, 0.05) is 30.9 Å². The Morgan fingerprint density at radius 3 is 2.71 bits per heavy atom. The van der Waals surface area contributed by atoms with Gasteiger partial charge in [0.1, 0.15) is 5.75 Å². The molecule has 5 heteroatoms. The first kappa shape index (κ1) is 19.4. The number of nitrogens with one attached hydrogen (secondary N) is 1. The minimum Gasteiger partial charge on any atom is -0.493 e. The van der Waals surface area contributed by atoms with Crippen LogP contribution in [0, 0.1) is 0 Å². The van der Waals surface area contributed by atoms with Crippen LogP contribution in [0.1, 0.15) is 29.3 Å². The molecule has 28 heavy (non-hydrogen) atoms. The van der Waals surface area contributed by atoms with E-state index in [1.165, 1.54) is 0 Å². The van der Waals surface area contributed by atoms with Crippen molar-refractivity contribution >= 4 is 28.6 Å². The van der Waals surface area contributed by atoms with E-state index in [1.807, 2.05) is 73.6 Å². The molecule has 3 aromatic rings. The van der Waals surface area contributed by atoms with Crippen molar-refractivity contribution in [3.05, 3.63) is 71.8 Å². The van der Waals surface area contributed by atoms with E-state index in [0.717, 1.165) is 34.2 Å². The SMILES string of the molecule is CCCOc1ccc2ccccc2c1/C=N\NC(=O)c1cccc(N(C)C)c1.